The highest BCUT2D eigenvalue weighted by Gasteiger charge is 2.28. The van der Waals surface area contributed by atoms with Crippen LogP contribution < -0.4 is 5.32 Å². The van der Waals surface area contributed by atoms with E-state index in [1.54, 1.807) is 11.0 Å². The number of sulfone groups is 1. The molecule has 6 nitrogen and oxygen atoms in total. The third-order valence-electron chi connectivity index (χ3n) is 3.97. The van der Waals surface area contributed by atoms with Gasteiger partial charge in [-0.1, -0.05) is 29.8 Å². The van der Waals surface area contributed by atoms with Crippen LogP contribution in [0.25, 0.3) is 0 Å². The van der Waals surface area contributed by atoms with Crippen LogP contribution in [-0.4, -0.2) is 49.2 Å². The van der Waals surface area contributed by atoms with Gasteiger partial charge in [0.2, 0.25) is 11.8 Å². The third kappa shape index (κ3) is 5.49. The fourth-order valence-corrected chi connectivity index (χ4v) is 4.49. The molecule has 0 radical (unpaired) electrons. The molecule has 1 aromatic rings. The van der Waals surface area contributed by atoms with E-state index in [2.05, 4.69) is 5.32 Å². The first-order chi connectivity index (χ1) is 11.3. The number of halogens is 1. The molecule has 1 heterocycles. The maximum Gasteiger partial charge on any atom is 0.222 e. The lowest BCUT2D eigenvalue weighted by molar-refractivity contribution is -0.130. The van der Waals surface area contributed by atoms with Gasteiger partial charge in [-0.15, -0.1) is 0 Å². The molecule has 1 unspecified atom stereocenters. The Kier molecular flexibility index (Phi) is 6.23. The van der Waals surface area contributed by atoms with Crippen LogP contribution >= 0.6 is 11.6 Å². The summed E-state index contributed by atoms with van der Waals surface area (Å²) in [5, 5.41) is 3.30. The van der Waals surface area contributed by atoms with Crippen molar-refractivity contribution >= 4 is 33.3 Å². The molecular formula is C16H21ClN2O4S. The molecule has 1 aliphatic rings. The Morgan fingerprint density at radius 2 is 2.04 bits per heavy atom. The number of nitrogens with zero attached hydrogens (tertiary/aromatic N) is 1. The van der Waals surface area contributed by atoms with Gasteiger partial charge in [-0.2, -0.15) is 0 Å². The molecule has 1 saturated heterocycles. The summed E-state index contributed by atoms with van der Waals surface area (Å²) >= 11 is 6.10. The van der Waals surface area contributed by atoms with Crippen molar-refractivity contribution in [1.29, 1.82) is 0 Å². The van der Waals surface area contributed by atoms with E-state index in [0.717, 1.165) is 5.56 Å². The molecule has 1 aromatic carbocycles. The van der Waals surface area contributed by atoms with Crippen LogP contribution in [0.3, 0.4) is 0 Å². The van der Waals surface area contributed by atoms with Crippen molar-refractivity contribution in [3.63, 3.8) is 0 Å². The third-order valence-corrected chi connectivity index (χ3v) is 6.11. The molecule has 132 valence electrons. The summed E-state index contributed by atoms with van der Waals surface area (Å²) in [5.41, 5.74) is 0.816. The minimum absolute atomic E-state index is 0.00517. The summed E-state index contributed by atoms with van der Waals surface area (Å²) in [6, 6.07) is 6.92. The van der Waals surface area contributed by atoms with Crippen molar-refractivity contribution < 1.29 is 18.0 Å². The van der Waals surface area contributed by atoms with Gasteiger partial charge in [0.25, 0.3) is 0 Å². The predicted molar refractivity (Wildman–Crippen MR) is 92.4 cm³/mol. The SMILES string of the molecule is CC(=O)N(CCC(=O)NC1CCS(=O)(=O)C1)Cc1ccccc1Cl. The fraction of sp³-hybridized carbons (Fsp3) is 0.500. The molecule has 0 spiro atoms. The quantitative estimate of drug-likeness (QED) is 0.817. The average molecular weight is 373 g/mol. The molecule has 24 heavy (non-hydrogen) atoms. The van der Waals surface area contributed by atoms with E-state index in [1.807, 2.05) is 18.2 Å². The normalized spacial score (nSPS) is 19.0. The van der Waals surface area contributed by atoms with Crippen LogP contribution in [0, 0.1) is 0 Å². The zero-order valence-electron chi connectivity index (χ0n) is 13.5. The second-order valence-electron chi connectivity index (χ2n) is 5.95. The second kappa shape index (κ2) is 7.98. The Bertz CT molecular complexity index is 721. The maximum atomic E-state index is 12.0. The van der Waals surface area contributed by atoms with Crippen molar-refractivity contribution in [3.05, 3.63) is 34.9 Å². The number of hydrogen-bond acceptors (Lipinski definition) is 4. The zero-order chi connectivity index (χ0) is 17.7. The number of carbonyl (C=O) groups excluding carboxylic acids is 2. The van der Waals surface area contributed by atoms with Gasteiger partial charge in [0, 0.05) is 37.5 Å². The van der Waals surface area contributed by atoms with Gasteiger partial charge in [-0.25, -0.2) is 8.42 Å². The Labute approximate surface area is 147 Å². The Balaban J connectivity index is 1.86. The molecule has 1 atom stereocenters. The maximum absolute atomic E-state index is 12.0. The van der Waals surface area contributed by atoms with Crippen LogP contribution in [0.2, 0.25) is 5.02 Å². The van der Waals surface area contributed by atoms with E-state index >= 15 is 0 Å². The number of benzene rings is 1. The first-order valence-electron chi connectivity index (χ1n) is 7.75. The van der Waals surface area contributed by atoms with Crippen LogP contribution in [-0.2, 0) is 26.0 Å². The fourth-order valence-electron chi connectivity index (χ4n) is 2.63. The lowest BCUT2D eigenvalue weighted by Crippen LogP contribution is -2.38. The van der Waals surface area contributed by atoms with E-state index in [4.69, 9.17) is 11.6 Å². The van der Waals surface area contributed by atoms with E-state index < -0.39 is 9.84 Å². The summed E-state index contributed by atoms with van der Waals surface area (Å²) in [6.07, 6.45) is 0.574. The number of carbonyl (C=O) groups is 2. The van der Waals surface area contributed by atoms with Crippen LogP contribution in [0.4, 0.5) is 0 Å². The standard InChI is InChI=1S/C16H21ClN2O4S/c1-12(20)19(10-13-4-2-3-5-15(13)17)8-6-16(21)18-14-7-9-24(22,23)11-14/h2-5,14H,6-11H2,1H3,(H,18,21). The molecule has 2 rings (SSSR count). The van der Waals surface area contributed by atoms with E-state index in [-0.39, 0.29) is 42.3 Å². The monoisotopic (exact) mass is 372 g/mol. The first-order valence-corrected chi connectivity index (χ1v) is 9.95. The van der Waals surface area contributed by atoms with Crippen molar-refractivity contribution in [3.8, 4) is 0 Å². The minimum Gasteiger partial charge on any atom is -0.352 e. The molecule has 1 aliphatic heterocycles. The van der Waals surface area contributed by atoms with E-state index in [0.29, 0.717) is 18.0 Å². The van der Waals surface area contributed by atoms with Crippen molar-refractivity contribution in [1.82, 2.24) is 10.2 Å². The molecule has 0 aromatic heterocycles. The van der Waals surface area contributed by atoms with E-state index in [1.165, 1.54) is 6.92 Å². The highest BCUT2D eigenvalue weighted by molar-refractivity contribution is 7.91. The zero-order valence-corrected chi connectivity index (χ0v) is 15.1. The lowest BCUT2D eigenvalue weighted by atomic mass is 10.2. The Morgan fingerprint density at radius 1 is 1.33 bits per heavy atom. The van der Waals surface area contributed by atoms with Crippen molar-refractivity contribution in [2.45, 2.75) is 32.4 Å². The highest BCUT2D eigenvalue weighted by atomic mass is 35.5. The summed E-state index contributed by atoms with van der Waals surface area (Å²) in [6.45, 7) is 2.03. The van der Waals surface area contributed by atoms with E-state index in [9.17, 15) is 18.0 Å². The number of nitrogens with one attached hydrogen (secondary N) is 1. The molecule has 1 fully saturated rings. The summed E-state index contributed by atoms with van der Waals surface area (Å²) < 4.78 is 22.8. The van der Waals surface area contributed by atoms with Gasteiger partial charge in [0.1, 0.15) is 0 Å². The molecule has 0 bridgehead atoms. The number of rotatable bonds is 6. The molecule has 1 N–H and O–H groups in total. The average Bonchev–Trinajstić information content (AvgIpc) is 2.83. The van der Waals surface area contributed by atoms with Crippen molar-refractivity contribution in [2.75, 3.05) is 18.1 Å². The van der Waals surface area contributed by atoms with Crippen LogP contribution in [0.1, 0.15) is 25.3 Å². The Morgan fingerprint density at radius 3 is 2.62 bits per heavy atom. The van der Waals surface area contributed by atoms with Crippen molar-refractivity contribution in [2.24, 2.45) is 0 Å². The van der Waals surface area contributed by atoms with Gasteiger partial charge in [0.15, 0.2) is 9.84 Å². The molecule has 8 heteroatoms. The summed E-state index contributed by atoms with van der Waals surface area (Å²) in [7, 11) is -3.03. The number of amides is 2. The summed E-state index contributed by atoms with van der Waals surface area (Å²) in [5.74, 6) is -0.285. The molecule has 0 aliphatic carbocycles. The topological polar surface area (TPSA) is 83.6 Å². The van der Waals surface area contributed by atoms with Crippen LogP contribution in [0.15, 0.2) is 24.3 Å². The largest absolute Gasteiger partial charge is 0.352 e. The highest BCUT2D eigenvalue weighted by Crippen LogP contribution is 2.17. The molecule has 0 saturated carbocycles. The van der Waals surface area contributed by atoms with Gasteiger partial charge < -0.3 is 10.2 Å². The van der Waals surface area contributed by atoms with Gasteiger partial charge in [-0.05, 0) is 18.1 Å². The Hall–Kier alpha value is -1.60. The lowest BCUT2D eigenvalue weighted by Gasteiger charge is -2.22. The number of hydrogen-bond donors (Lipinski definition) is 1. The second-order valence-corrected chi connectivity index (χ2v) is 8.59. The predicted octanol–water partition coefficient (Wildman–Crippen LogP) is 1.38. The van der Waals surface area contributed by atoms with Gasteiger partial charge in [0.05, 0.1) is 11.5 Å². The first kappa shape index (κ1) is 18.7. The minimum atomic E-state index is -3.03. The van der Waals surface area contributed by atoms with Gasteiger partial charge >= 0.3 is 0 Å². The molecule has 2 amide bonds. The van der Waals surface area contributed by atoms with Gasteiger partial charge in [-0.3, -0.25) is 9.59 Å². The van der Waals surface area contributed by atoms with Crippen LogP contribution in [0.5, 0.6) is 0 Å². The molecular weight excluding hydrogens is 352 g/mol. The smallest absolute Gasteiger partial charge is 0.222 e. The summed E-state index contributed by atoms with van der Waals surface area (Å²) in [4.78, 5) is 25.3.